The summed E-state index contributed by atoms with van der Waals surface area (Å²) in [5.41, 5.74) is 4.73. The van der Waals surface area contributed by atoms with Crippen molar-refractivity contribution in [1.29, 1.82) is 0 Å². The van der Waals surface area contributed by atoms with Crippen LogP contribution in [0.4, 0.5) is 5.69 Å². The Morgan fingerprint density at radius 2 is 1.71 bits per heavy atom. The standard InChI is InChI=1S/C22H21NO/c1-14(2)15-7-9-17(10-8-15)19-13-21(24)23-20-12-11-16-5-3-4-6-18(16)22(19)20/h3-12,14,19H,13H2,1-2H3,(H,23,24)/t19-/m0/s1. The van der Waals surface area contributed by atoms with Gasteiger partial charge in [0.15, 0.2) is 0 Å². The molecule has 0 saturated carbocycles. The van der Waals surface area contributed by atoms with Crippen molar-refractivity contribution < 1.29 is 4.79 Å². The largest absolute Gasteiger partial charge is 0.326 e. The molecule has 1 heterocycles. The van der Waals surface area contributed by atoms with Crippen LogP contribution in [-0.4, -0.2) is 5.91 Å². The number of rotatable bonds is 2. The van der Waals surface area contributed by atoms with Crippen LogP contribution in [0, 0.1) is 0 Å². The lowest BCUT2D eigenvalue weighted by Crippen LogP contribution is -2.23. The molecule has 3 aromatic carbocycles. The molecule has 1 atom stereocenters. The SMILES string of the molecule is CC(C)c1ccc([C@@H]2CC(=O)Nc3ccc4ccccc4c32)cc1. The van der Waals surface area contributed by atoms with Gasteiger partial charge in [-0.1, -0.05) is 68.4 Å². The number of amides is 1. The van der Waals surface area contributed by atoms with Crippen molar-refractivity contribution in [2.75, 3.05) is 5.32 Å². The predicted molar refractivity (Wildman–Crippen MR) is 99.6 cm³/mol. The molecule has 24 heavy (non-hydrogen) atoms. The van der Waals surface area contributed by atoms with Crippen molar-refractivity contribution in [2.45, 2.75) is 32.1 Å². The van der Waals surface area contributed by atoms with E-state index >= 15 is 0 Å². The molecule has 0 bridgehead atoms. The molecule has 1 N–H and O–H groups in total. The summed E-state index contributed by atoms with van der Waals surface area (Å²) in [6.07, 6.45) is 0.502. The number of hydrogen-bond donors (Lipinski definition) is 1. The Morgan fingerprint density at radius 1 is 0.958 bits per heavy atom. The van der Waals surface area contributed by atoms with Crippen molar-refractivity contribution >= 4 is 22.4 Å². The van der Waals surface area contributed by atoms with Crippen molar-refractivity contribution in [3.8, 4) is 0 Å². The monoisotopic (exact) mass is 315 g/mol. The number of fused-ring (bicyclic) bond motifs is 3. The zero-order valence-electron chi connectivity index (χ0n) is 14.0. The van der Waals surface area contributed by atoms with Crippen LogP contribution in [0.5, 0.6) is 0 Å². The van der Waals surface area contributed by atoms with Gasteiger partial charge in [0.25, 0.3) is 0 Å². The van der Waals surface area contributed by atoms with E-state index in [-0.39, 0.29) is 11.8 Å². The quantitative estimate of drug-likeness (QED) is 0.670. The fourth-order valence-electron chi connectivity index (χ4n) is 3.67. The molecular weight excluding hydrogens is 294 g/mol. The van der Waals surface area contributed by atoms with E-state index in [1.807, 2.05) is 6.07 Å². The fourth-order valence-corrected chi connectivity index (χ4v) is 3.67. The van der Waals surface area contributed by atoms with Gasteiger partial charge in [-0.05, 0) is 39.4 Å². The van der Waals surface area contributed by atoms with Gasteiger partial charge in [0.1, 0.15) is 0 Å². The Kier molecular flexibility index (Phi) is 3.61. The van der Waals surface area contributed by atoms with E-state index in [4.69, 9.17) is 0 Å². The van der Waals surface area contributed by atoms with Gasteiger partial charge in [-0.2, -0.15) is 0 Å². The van der Waals surface area contributed by atoms with Gasteiger partial charge < -0.3 is 5.32 Å². The molecule has 3 aromatic rings. The molecule has 0 saturated heterocycles. The maximum atomic E-state index is 12.2. The summed E-state index contributed by atoms with van der Waals surface area (Å²) in [5.74, 6) is 0.721. The van der Waals surface area contributed by atoms with Crippen molar-refractivity contribution in [1.82, 2.24) is 0 Å². The molecule has 0 fully saturated rings. The summed E-state index contributed by atoms with van der Waals surface area (Å²) in [6.45, 7) is 4.40. The third-order valence-electron chi connectivity index (χ3n) is 4.99. The number of anilines is 1. The van der Waals surface area contributed by atoms with Crippen molar-refractivity contribution in [2.24, 2.45) is 0 Å². The van der Waals surface area contributed by atoms with E-state index in [9.17, 15) is 4.79 Å². The van der Waals surface area contributed by atoms with Gasteiger partial charge in [0.2, 0.25) is 5.91 Å². The molecule has 1 aliphatic heterocycles. The van der Waals surface area contributed by atoms with Crippen LogP contribution < -0.4 is 5.32 Å². The van der Waals surface area contributed by atoms with Crippen molar-refractivity contribution in [3.63, 3.8) is 0 Å². The second-order valence-corrected chi connectivity index (χ2v) is 6.87. The zero-order chi connectivity index (χ0) is 16.7. The predicted octanol–water partition coefficient (Wildman–Crippen LogP) is 5.44. The van der Waals surface area contributed by atoms with Gasteiger partial charge in [-0.15, -0.1) is 0 Å². The molecule has 0 unspecified atom stereocenters. The van der Waals surface area contributed by atoms with Crippen LogP contribution in [0.15, 0.2) is 60.7 Å². The normalized spacial score (nSPS) is 17.0. The Morgan fingerprint density at radius 3 is 2.46 bits per heavy atom. The Hall–Kier alpha value is -2.61. The molecule has 2 nitrogen and oxygen atoms in total. The summed E-state index contributed by atoms with van der Waals surface area (Å²) in [6, 6.07) is 21.3. The second kappa shape index (κ2) is 5.79. The van der Waals surface area contributed by atoms with E-state index in [1.54, 1.807) is 0 Å². The number of carbonyl (C=O) groups is 1. The molecular formula is C22H21NO. The van der Waals surface area contributed by atoms with Crippen LogP contribution in [-0.2, 0) is 4.79 Å². The number of hydrogen-bond acceptors (Lipinski definition) is 1. The highest BCUT2D eigenvalue weighted by Crippen LogP contribution is 2.41. The number of benzene rings is 3. The first-order chi connectivity index (χ1) is 11.6. The van der Waals surface area contributed by atoms with E-state index in [1.165, 1.54) is 27.5 Å². The highest BCUT2D eigenvalue weighted by atomic mass is 16.1. The smallest absolute Gasteiger partial charge is 0.225 e. The van der Waals surface area contributed by atoms with Gasteiger partial charge in [-0.3, -0.25) is 4.79 Å². The maximum absolute atomic E-state index is 12.2. The van der Waals surface area contributed by atoms with Crippen LogP contribution in [0.25, 0.3) is 10.8 Å². The van der Waals surface area contributed by atoms with Gasteiger partial charge >= 0.3 is 0 Å². The Bertz CT molecular complexity index is 909. The highest BCUT2D eigenvalue weighted by Gasteiger charge is 2.28. The molecule has 1 aliphatic rings. The molecule has 0 spiro atoms. The minimum absolute atomic E-state index is 0.0933. The van der Waals surface area contributed by atoms with Crippen LogP contribution in [0.1, 0.15) is 48.8 Å². The average molecular weight is 315 g/mol. The van der Waals surface area contributed by atoms with Crippen LogP contribution in [0.2, 0.25) is 0 Å². The molecule has 0 aliphatic carbocycles. The topological polar surface area (TPSA) is 29.1 Å². The fraction of sp³-hybridized carbons (Fsp3) is 0.227. The number of carbonyl (C=O) groups excluding carboxylic acids is 1. The Labute approximate surface area is 142 Å². The lowest BCUT2D eigenvalue weighted by Gasteiger charge is -2.28. The maximum Gasteiger partial charge on any atom is 0.225 e. The van der Waals surface area contributed by atoms with E-state index in [2.05, 4.69) is 73.8 Å². The third-order valence-corrected chi connectivity index (χ3v) is 4.99. The first kappa shape index (κ1) is 14.9. The second-order valence-electron chi connectivity index (χ2n) is 6.87. The van der Waals surface area contributed by atoms with E-state index in [0.717, 1.165) is 5.69 Å². The lowest BCUT2D eigenvalue weighted by molar-refractivity contribution is -0.116. The van der Waals surface area contributed by atoms with Gasteiger partial charge in [0.05, 0.1) is 0 Å². The lowest BCUT2D eigenvalue weighted by atomic mass is 9.81. The van der Waals surface area contributed by atoms with Gasteiger partial charge in [0, 0.05) is 18.0 Å². The molecule has 0 radical (unpaired) electrons. The van der Waals surface area contributed by atoms with Crippen LogP contribution >= 0.6 is 0 Å². The summed E-state index contributed by atoms with van der Waals surface area (Å²) >= 11 is 0. The molecule has 4 rings (SSSR count). The molecule has 0 aromatic heterocycles. The van der Waals surface area contributed by atoms with Gasteiger partial charge in [-0.25, -0.2) is 0 Å². The summed E-state index contributed by atoms with van der Waals surface area (Å²) < 4.78 is 0. The van der Waals surface area contributed by atoms with Crippen LogP contribution in [0.3, 0.4) is 0 Å². The number of nitrogens with one attached hydrogen (secondary N) is 1. The molecule has 1 amide bonds. The minimum atomic E-state index is 0.0933. The summed E-state index contributed by atoms with van der Waals surface area (Å²) in [7, 11) is 0. The Balaban J connectivity index is 1.88. The summed E-state index contributed by atoms with van der Waals surface area (Å²) in [5, 5.41) is 5.49. The third kappa shape index (κ3) is 2.48. The zero-order valence-corrected chi connectivity index (χ0v) is 14.0. The van der Waals surface area contributed by atoms with E-state index < -0.39 is 0 Å². The first-order valence-corrected chi connectivity index (χ1v) is 8.55. The molecule has 2 heteroatoms. The average Bonchev–Trinajstić information content (AvgIpc) is 2.60. The van der Waals surface area contributed by atoms with Crippen molar-refractivity contribution in [3.05, 3.63) is 77.4 Å². The highest BCUT2D eigenvalue weighted by molar-refractivity contribution is 6.01. The first-order valence-electron chi connectivity index (χ1n) is 8.55. The summed E-state index contributed by atoms with van der Waals surface area (Å²) in [4.78, 5) is 12.2. The van der Waals surface area contributed by atoms with E-state index in [0.29, 0.717) is 12.3 Å². The molecule has 120 valence electrons. The minimum Gasteiger partial charge on any atom is -0.326 e.